The predicted molar refractivity (Wildman–Crippen MR) is 111 cm³/mol. The van der Waals surface area contributed by atoms with Crippen molar-refractivity contribution in [1.29, 1.82) is 0 Å². The topological polar surface area (TPSA) is 60.9 Å². The van der Waals surface area contributed by atoms with Gasteiger partial charge in [0.1, 0.15) is 5.82 Å². The van der Waals surface area contributed by atoms with Crippen molar-refractivity contribution in [2.24, 2.45) is 0 Å². The van der Waals surface area contributed by atoms with Gasteiger partial charge in [-0.3, -0.25) is 9.10 Å². The van der Waals surface area contributed by atoms with Crippen LogP contribution < -0.4 is 9.21 Å². The minimum absolute atomic E-state index is 0.0444. The normalized spacial score (nSPS) is 19.4. The Morgan fingerprint density at radius 2 is 1.69 bits per heavy atom. The van der Waals surface area contributed by atoms with Crippen LogP contribution in [0.25, 0.3) is 0 Å². The molecular formula is C21H24FN3O3S. The van der Waals surface area contributed by atoms with E-state index in [1.165, 1.54) is 22.7 Å². The molecule has 0 aromatic heterocycles. The lowest BCUT2D eigenvalue weighted by Crippen LogP contribution is -2.48. The van der Waals surface area contributed by atoms with Gasteiger partial charge in [-0.1, -0.05) is 0 Å². The fraction of sp³-hybridized carbons (Fsp3) is 0.381. The van der Waals surface area contributed by atoms with Crippen LogP contribution in [0.4, 0.5) is 15.8 Å². The minimum Gasteiger partial charge on any atom is -0.368 e. The summed E-state index contributed by atoms with van der Waals surface area (Å²) in [6.07, 6.45) is 1.81. The summed E-state index contributed by atoms with van der Waals surface area (Å²) < 4.78 is 38.7. The summed E-state index contributed by atoms with van der Waals surface area (Å²) in [6, 6.07) is 11.5. The molecule has 2 heterocycles. The van der Waals surface area contributed by atoms with Gasteiger partial charge in [0, 0.05) is 43.5 Å². The molecule has 0 unspecified atom stereocenters. The molecule has 0 bridgehead atoms. The third kappa shape index (κ3) is 3.81. The van der Waals surface area contributed by atoms with E-state index < -0.39 is 10.0 Å². The quantitative estimate of drug-likeness (QED) is 0.770. The first-order valence-corrected chi connectivity index (χ1v) is 11.5. The number of piperazine rings is 1. The number of nitrogens with zero attached hydrogens (tertiary/aromatic N) is 3. The SMILES string of the molecule is C[C@H]1Cc2cc(C(=O)N3CCN(c4ccc(F)cc4)CC3)ccc2N1S(C)(=O)=O. The Bertz CT molecular complexity index is 1030. The Kier molecular flexibility index (Phi) is 4.98. The number of carbonyl (C=O) groups is 1. The highest BCUT2D eigenvalue weighted by Crippen LogP contribution is 2.35. The van der Waals surface area contributed by atoms with Gasteiger partial charge in [-0.05, 0) is 61.4 Å². The Labute approximate surface area is 170 Å². The molecule has 8 heteroatoms. The van der Waals surface area contributed by atoms with E-state index >= 15 is 0 Å². The largest absolute Gasteiger partial charge is 0.368 e. The smallest absolute Gasteiger partial charge is 0.253 e. The monoisotopic (exact) mass is 417 g/mol. The van der Waals surface area contributed by atoms with Crippen LogP contribution in [-0.4, -0.2) is 57.7 Å². The second-order valence-electron chi connectivity index (χ2n) is 7.71. The van der Waals surface area contributed by atoms with Gasteiger partial charge in [-0.15, -0.1) is 0 Å². The summed E-state index contributed by atoms with van der Waals surface area (Å²) in [4.78, 5) is 16.9. The lowest BCUT2D eigenvalue weighted by Gasteiger charge is -2.36. The van der Waals surface area contributed by atoms with Crippen molar-refractivity contribution >= 4 is 27.3 Å². The summed E-state index contributed by atoms with van der Waals surface area (Å²) >= 11 is 0. The molecule has 1 saturated heterocycles. The molecule has 2 aromatic carbocycles. The first-order chi connectivity index (χ1) is 13.7. The molecule has 0 aliphatic carbocycles. The van der Waals surface area contributed by atoms with Gasteiger partial charge in [-0.2, -0.15) is 0 Å². The number of sulfonamides is 1. The van der Waals surface area contributed by atoms with Crippen LogP contribution in [0.5, 0.6) is 0 Å². The van der Waals surface area contributed by atoms with Crippen LogP contribution in [-0.2, 0) is 16.4 Å². The van der Waals surface area contributed by atoms with Crippen LogP contribution in [0.1, 0.15) is 22.8 Å². The lowest BCUT2D eigenvalue weighted by molar-refractivity contribution is 0.0746. The van der Waals surface area contributed by atoms with Gasteiger partial charge in [0.15, 0.2) is 0 Å². The van der Waals surface area contributed by atoms with E-state index in [0.29, 0.717) is 43.9 Å². The van der Waals surface area contributed by atoms with E-state index in [1.807, 2.05) is 17.9 Å². The van der Waals surface area contributed by atoms with Gasteiger partial charge in [0.2, 0.25) is 10.0 Å². The van der Waals surface area contributed by atoms with Gasteiger partial charge >= 0.3 is 0 Å². The highest BCUT2D eigenvalue weighted by atomic mass is 32.2. The summed E-state index contributed by atoms with van der Waals surface area (Å²) in [6.45, 7) is 4.40. The fourth-order valence-corrected chi connectivity index (χ4v) is 5.51. The number of anilines is 2. The zero-order valence-corrected chi connectivity index (χ0v) is 17.3. The Hall–Kier alpha value is -2.61. The number of halogens is 1. The van der Waals surface area contributed by atoms with E-state index in [2.05, 4.69) is 4.90 Å². The lowest BCUT2D eigenvalue weighted by atomic mass is 10.1. The molecule has 1 atom stereocenters. The second-order valence-corrected chi connectivity index (χ2v) is 9.57. The third-order valence-electron chi connectivity index (χ3n) is 5.60. The van der Waals surface area contributed by atoms with Crippen molar-refractivity contribution in [1.82, 2.24) is 4.90 Å². The second kappa shape index (κ2) is 7.33. The van der Waals surface area contributed by atoms with Gasteiger partial charge < -0.3 is 9.80 Å². The summed E-state index contributed by atoms with van der Waals surface area (Å²) in [5.74, 6) is -0.306. The Morgan fingerprint density at radius 1 is 1.03 bits per heavy atom. The Balaban J connectivity index is 1.46. The van der Waals surface area contributed by atoms with E-state index in [-0.39, 0.29) is 17.8 Å². The molecule has 29 heavy (non-hydrogen) atoms. The zero-order valence-electron chi connectivity index (χ0n) is 16.5. The van der Waals surface area contributed by atoms with Gasteiger partial charge in [-0.25, -0.2) is 12.8 Å². The van der Waals surface area contributed by atoms with Gasteiger partial charge in [0.05, 0.1) is 11.9 Å². The molecule has 154 valence electrons. The molecule has 0 spiro atoms. The number of hydrogen-bond acceptors (Lipinski definition) is 4. The highest BCUT2D eigenvalue weighted by Gasteiger charge is 2.33. The van der Waals surface area contributed by atoms with Crippen molar-refractivity contribution in [2.45, 2.75) is 19.4 Å². The van der Waals surface area contributed by atoms with Crippen LogP contribution >= 0.6 is 0 Å². The molecule has 0 saturated carbocycles. The number of amides is 1. The fourth-order valence-electron chi connectivity index (χ4n) is 4.24. The van der Waals surface area contributed by atoms with Crippen molar-refractivity contribution in [3.63, 3.8) is 0 Å². The van der Waals surface area contributed by atoms with Crippen LogP contribution in [0.15, 0.2) is 42.5 Å². The molecule has 2 aromatic rings. The molecule has 0 N–H and O–H groups in total. The van der Waals surface area contributed by atoms with Crippen LogP contribution in [0, 0.1) is 5.82 Å². The van der Waals surface area contributed by atoms with Gasteiger partial charge in [0.25, 0.3) is 5.91 Å². The third-order valence-corrected chi connectivity index (χ3v) is 6.87. The molecular weight excluding hydrogens is 393 g/mol. The zero-order chi connectivity index (χ0) is 20.8. The predicted octanol–water partition coefficient (Wildman–Crippen LogP) is 2.50. The van der Waals surface area contributed by atoms with E-state index in [9.17, 15) is 17.6 Å². The number of fused-ring (bicyclic) bond motifs is 1. The molecule has 2 aliphatic heterocycles. The first-order valence-electron chi connectivity index (χ1n) is 9.66. The van der Waals surface area contributed by atoms with Crippen LogP contribution in [0.2, 0.25) is 0 Å². The molecule has 0 radical (unpaired) electrons. The maximum absolute atomic E-state index is 13.1. The maximum Gasteiger partial charge on any atom is 0.253 e. The van der Waals surface area contributed by atoms with Crippen molar-refractivity contribution in [3.8, 4) is 0 Å². The number of benzene rings is 2. The number of carbonyl (C=O) groups excluding carboxylic acids is 1. The van der Waals surface area contributed by atoms with Crippen LogP contribution in [0.3, 0.4) is 0 Å². The molecule has 1 fully saturated rings. The first kappa shape index (κ1) is 19.7. The average molecular weight is 418 g/mol. The minimum atomic E-state index is -3.34. The molecule has 4 rings (SSSR count). The number of hydrogen-bond donors (Lipinski definition) is 0. The Morgan fingerprint density at radius 3 is 2.31 bits per heavy atom. The summed E-state index contributed by atoms with van der Waals surface area (Å²) in [5.41, 5.74) is 3.09. The summed E-state index contributed by atoms with van der Waals surface area (Å²) in [7, 11) is -3.34. The standard InChI is InChI=1S/C21H24FN3O3S/c1-15-13-17-14-16(3-8-20(17)25(15)29(2,27)28)21(26)24-11-9-23(10-12-24)19-6-4-18(22)5-7-19/h3-8,14-15H,9-13H2,1-2H3/t15-/m0/s1. The molecule has 2 aliphatic rings. The van der Waals surface area contributed by atoms with Crippen molar-refractivity contribution < 1.29 is 17.6 Å². The average Bonchev–Trinajstić information content (AvgIpc) is 3.03. The molecule has 6 nitrogen and oxygen atoms in total. The van der Waals surface area contributed by atoms with E-state index in [1.54, 1.807) is 24.3 Å². The van der Waals surface area contributed by atoms with E-state index in [4.69, 9.17) is 0 Å². The molecule has 1 amide bonds. The maximum atomic E-state index is 13.1. The summed E-state index contributed by atoms with van der Waals surface area (Å²) in [5, 5.41) is 0. The van der Waals surface area contributed by atoms with E-state index in [0.717, 1.165) is 11.3 Å². The van der Waals surface area contributed by atoms with Crippen molar-refractivity contribution in [2.75, 3.05) is 41.6 Å². The highest BCUT2D eigenvalue weighted by molar-refractivity contribution is 7.92. The van der Waals surface area contributed by atoms with Crippen molar-refractivity contribution in [3.05, 3.63) is 59.4 Å². The number of rotatable bonds is 3.